The zero-order valence-electron chi connectivity index (χ0n) is 19.3. The van der Waals surface area contributed by atoms with E-state index >= 15 is 0 Å². The van der Waals surface area contributed by atoms with Crippen molar-refractivity contribution < 1.29 is 17.9 Å². The fraction of sp³-hybridized carbons (Fsp3) is 0.154. The quantitative estimate of drug-likeness (QED) is 0.346. The number of fused-ring (bicyclic) bond motifs is 1. The van der Waals surface area contributed by atoms with Crippen LogP contribution < -0.4 is 10.4 Å². The van der Waals surface area contributed by atoms with Crippen LogP contribution in [0.15, 0.2) is 77.7 Å². The predicted octanol–water partition coefficient (Wildman–Crippen LogP) is 5.00. The minimum atomic E-state index is -4.55. The molecule has 0 amide bonds. The fourth-order valence-corrected chi connectivity index (χ4v) is 3.94. The number of pyridine rings is 1. The summed E-state index contributed by atoms with van der Waals surface area (Å²) in [6.07, 6.45) is -3.46. The summed E-state index contributed by atoms with van der Waals surface area (Å²) in [5.74, 6) is 0. The zero-order chi connectivity index (χ0) is 25.4. The molecule has 0 unspecified atom stereocenters. The van der Waals surface area contributed by atoms with Gasteiger partial charge in [-0.2, -0.15) is 22.6 Å². The first-order chi connectivity index (χ1) is 17.3. The van der Waals surface area contributed by atoms with Crippen LogP contribution in [0.5, 0.6) is 6.01 Å². The van der Waals surface area contributed by atoms with Crippen LogP contribution in [0.4, 0.5) is 13.2 Å². The topological polar surface area (TPSA) is 74.3 Å². The van der Waals surface area contributed by atoms with Gasteiger partial charge in [-0.15, -0.1) is 5.10 Å². The van der Waals surface area contributed by atoms with Crippen LogP contribution in [0.25, 0.3) is 28.0 Å². The minimum absolute atomic E-state index is 0.0436. The van der Waals surface area contributed by atoms with Gasteiger partial charge in [-0.1, -0.05) is 66.2 Å². The molecule has 36 heavy (non-hydrogen) atoms. The molecule has 0 fully saturated rings. The molecule has 3 aromatic heterocycles. The summed E-state index contributed by atoms with van der Waals surface area (Å²) >= 11 is 0. The molecule has 0 saturated carbocycles. The van der Waals surface area contributed by atoms with Gasteiger partial charge in [0.15, 0.2) is 5.65 Å². The maximum absolute atomic E-state index is 13.4. The number of rotatable bonds is 5. The molecular weight excluding hydrogens is 471 g/mol. The standard InChI is InChI=1S/C26H20F3N5O2/c1-16-8-11-19(12-9-16)22-21(18-6-4-3-5-7-18)23-32-33(25(35)34(23)24(31-22)36-2)15-17-10-13-20(30-14-17)26(27,28)29/h3-14H,15H2,1-2H3. The molecule has 0 bridgehead atoms. The molecule has 5 rings (SSSR count). The van der Waals surface area contributed by atoms with Gasteiger partial charge in [0.2, 0.25) is 0 Å². The number of ether oxygens (including phenoxy) is 1. The van der Waals surface area contributed by atoms with Crippen molar-refractivity contribution >= 4 is 5.65 Å². The van der Waals surface area contributed by atoms with E-state index in [2.05, 4.69) is 15.1 Å². The van der Waals surface area contributed by atoms with E-state index in [9.17, 15) is 18.0 Å². The number of benzene rings is 2. The van der Waals surface area contributed by atoms with E-state index in [1.165, 1.54) is 17.6 Å². The van der Waals surface area contributed by atoms with Crippen LogP contribution in [-0.2, 0) is 12.7 Å². The summed E-state index contributed by atoms with van der Waals surface area (Å²) in [7, 11) is 1.41. The maximum atomic E-state index is 13.4. The molecule has 0 aliphatic heterocycles. The van der Waals surface area contributed by atoms with Gasteiger partial charge in [0.25, 0.3) is 0 Å². The normalized spacial score (nSPS) is 11.7. The summed E-state index contributed by atoms with van der Waals surface area (Å²) < 4.78 is 46.5. The highest BCUT2D eigenvalue weighted by molar-refractivity contribution is 5.90. The Hall–Kier alpha value is -4.47. The molecule has 3 heterocycles. The predicted molar refractivity (Wildman–Crippen MR) is 128 cm³/mol. The van der Waals surface area contributed by atoms with Crippen molar-refractivity contribution in [1.29, 1.82) is 0 Å². The lowest BCUT2D eigenvalue weighted by atomic mass is 9.99. The molecule has 5 aromatic rings. The van der Waals surface area contributed by atoms with Crippen molar-refractivity contribution in [3.05, 3.63) is 100 Å². The summed E-state index contributed by atoms with van der Waals surface area (Å²) in [5, 5.41) is 4.56. The molecule has 0 aliphatic carbocycles. The molecule has 0 spiro atoms. The number of hydrogen-bond acceptors (Lipinski definition) is 5. The van der Waals surface area contributed by atoms with Crippen LogP contribution in [0, 0.1) is 6.92 Å². The monoisotopic (exact) mass is 491 g/mol. The Kier molecular flexibility index (Phi) is 5.79. The molecular formula is C26H20F3N5O2. The van der Waals surface area contributed by atoms with E-state index in [0.717, 1.165) is 33.6 Å². The third-order valence-corrected chi connectivity index (χ3v) is 5.72. The van der Waals surface area contributed by atoms with Crippen molar-refractivity contribution in [2.24, 2.45) is 0 Å². The Bertz CT molecular complexity index is 1590. The smallest absolute Gasteiger partial charge is 0.433 e. The van der Waals surface area contributed by atoms with Gasteiger partial charge in [0.1, 0.15) is 5.69 Å². The third-order valence-electron chi connectivity index (χ3n) is 5.72. The Morgan fingerprint density at radius 2 is 1.67 bits per heavy atom. The van der Waals surface area contributed by atoms with E-state index in [1.54, 1.807) is 0 Å². The highest BCUT2D eigenvalue weighted by Crippen LogP contribution is 2.35. The minimum Gasteiger partial charge on any atom is -0.468 e. The van der Waals surface area contributed by atoms with E-state index < -0.39 is 17.6 Å². The molecule has 7 nitrogen and oxygen atoms in total. The van der Waals surface area contributed by atoms with E-state index in [0.29, 0.717) is 22.5 Å². The highest BCUT2D eigenvalue weighted by atomic mass is 19.4. The lowest BCUT2D eigenvalue weighted by Crippen LogP contribution is -2.23. The Morgan fingerprint density at radius 1 is 0.944 bits per heavy atom. The van der Waals surface area contributed by atoms with E-state index in [1.807, 2.05) is 61.5 Å². The Balaban J connectivity index is 1.72. The van der Waals surface area contributed by atoms with Crippen molar-refractivity contribution in [3.8, 4) is 28.4 Å². The Labute approximate surface area is 203 Å². The van der Waals surface area contributed by atoms with Crippen LogP contribution in [0.1, 0.15) is 16.8 Å². The summed E-state index contributed by atoms with van der Waals surface area (Å²) in [6, 6.07) is 19.4. The number of nitrogens with zero attached hydrogens (tertiary/aromatic N) is 5. The van der Waals surface area contributed by atoms with Crippen LogP contribution in [0.2, 0.25) is 0 Å². The second-order valence-corrected chi connectivity index (χ2v) is 8.20. The summed E-state index contributed by atoms with van der Waals surface area (Å²) in [5.41, 5.74) is 3.06. The van der Waals surface area contributed by atoms with Gasteiger partial charge in [-0.3, -0.25) is 4.98 Å². The molecule has 2 aromatic carbocycles. The van der Waals surface area contributed by atoms with Gasteiger partial charge in [0, 0.05) is 11.8 Å². The van der Waals surface area contributed by atoms with Gasteiger partial charge in [-0.25, -0.2) is 9.48 Å². The first kappa shape index (κ1) is 23.3. The maximum Gasteiger partial charge on any atom is 0.433 e. The first-order valence-corrected chi connectivity index (χ1v) is 11.0. The zero-order valence-corrected chi connectivity index (χ0v) is 19.3. The van der Waals surface area contributed by atoms with Gasteiger partial charge < -0.3 is 4.74 Å². The molecule has 0 N–H and O–H groups in total. The molecule has 0 atom stereocenters. The number of aromatic nitrogens is 5. The van der Waals surface area contributed by atoms with Crippen molar-refractivity contribution in [1.82, 2.24) is 24.1 Å². The van der Waals surface area contributed by atoms with Crippen LogP contribution in [0.3, 0.4) is 0 Å². The number of hydrogen-bond donors (Lipinski definition) is 0. The molecule has 0 saturated heterocycles. The summed E-state index contributed by atoms with van der Waals surface area (Å²) in [4.78, 5) is 21.5. The molecule has 0 aliphatic rings. The highest BCUT2D eigenvalue weighted by Gasteiger charge is 2.32. The second-order valence-electron chi connectivity index (χ2n) is 8.20. The van der Waals surface area contributed by atoms with Crippen LogP contribution in [-0.4, -0.2) is 31.3 Å². The first-order valence-electron chi connectivity index (χ1n) is 11.0. The summed E-state index contributed by atoms with van der Waals surface area (Å²) in [6.45, 7) is 1.90. The average Bonchev–Trinajstić information content (AvgIpc) is 3.19. The number of alkyl halides is 3. The van der Waals surface area contributed by atoms with Crippen molar-refractivity contribution in [2.45, 2.75) is 19.6 Å². The van der Waals surface area contributed by atoms with Gasteiger partial charge in [0.05, 0.1) is 24.9 Å². The van der Waals surface area contributed by atoms with Gasteiger partial charge in [-0.05, 0) is 24.1 Å². The molecule has 0 radical (unpaired) electrons. The number of methoxy groups -OCH3 is 1. The lowest BCUT2D eigenvalue weighted by Gasteiger charge is -2.13. The van der Waals surface area contributed by atoms with Crippen LogP contribution >= 0.6 is 0 Å². The second kappa shape index (κ2) is 8.95. The number of halogens is 3. The largest absolute Gasteiger partial charge is 0.468 e. The van der Waals surface area contributed by atoms with Crippen molar-refractivity contribution in [2.75, 3.05) is 7.11 Å². The Morgan fingerprint density at radius 3 is 2.28 bits per heavy atom. The van der Waals surface area contributed by atoms with E-state index in [-0.39, 0.29) is 12.6 Å². The van der Waals surface area contributed by atoms with Crippen molar-refractivity contribution in [3.63, 3.8) is 0 Å². The third kappa shape index (κ3) is 4.21. The number of aryl methyl sites for hydroxylation is 1. The average molecular weight is 491 g/mol. The van der Waals surface area contributed by atoms with Gasteiger partial charge >= 0.3 is 17.9 Å². The lowest BCUT2D eigenvalue weighted by molar-refractivity contribution is -0.141. The fourth-order valence-electron chi connectivity index (χ4n) is 3.94. The SMILES string of the molecule is COc1nc(-c2ccc(C)cc2)c(-c2ccccc2)c2nn(Cc3ccc(C(F)(F)F)nc3)c(=O)n12. The molecule has 10 heteroatoms. The van der Waals surface area contributed by atoms with E-state index in [4.69, 9.17) is 4.74 Å². The molecule has 182 valence electrons.